The van der Waals surface area contributed by atoms with Gasteiger partial charge in [-0.2, -0.15) is 0 Å². The summed E-state index contributed by atoms with van der Waals surface area (Å²) >= 11 is 0. The van der Waals surface area contributed by atoms with Crippen molar-refractivity contribution >= 4 is 5.78 Å². The fraction of sp³-hybridized carbons (Fsp3) is 0.864. The van der Waals surface area contributed by atoms with Gasteiger partial charge in [0, 0.05) is 12.3 Å². The average Bonchev–Trinajstić information content (AvgIpc) is 2.91. The van der Waals surface area contributed by atoms with Crippen LogP contribution in [0.2, 0.25) is 0 Å². The second-order valence-electron chi connectivity index (χ2n) is 9.78. The number of allylic oxidation sites excluding steroid dienone is 1. The number of Topliss-reactive ketones (excluding diaryl/α,β-unsaturated/α-hetero) is 1. The number of aliphatic hydroxyl groups is 1. The highest BCUT2D eigenvalue weighted by Crippen LogP contribution is 2.63. The summed E-state index contributed by atoms with van der Waals surface area (Å²) < 4.78 is 13.9. The van der Waals surface area contributed by atoms with E-state index in [2.05, 4.69) is 13.0 Å². The molecule has 0 saturated heterocycles. The van der Waals surface area contributed by atoms with Crippen molar-refractivity contribution in [2.75, 3.05) is 0 Å². The molecule has 140 valence electrons. The van der Waals surface area contributed by atoms with E-state index in [1.807, 2.05) is 0 Å². The van der Waals surface area contributed by atoms with Crippen molar-refractivity contribution in [1.29, 1.82) is 0 Å². The number of fused-ring (bicyclic) bond motifs is 5. The fourth-order valence-corrected chi connectivity index (χ4v) is 7.33. The zero-order valence-electron chi connectivity index (χ0n) is 15.9. The largest absolute Gasteiger partial charge is 0.387 e. The summed E-state index contributed by atoms with van der Waals surface area (Å²) in [6, 6.07) is 0. The van der Waals surface area contributed by atoms with Gasteiger partial charge in [-0.05, 0) is 87.9 Å². The number of hydrogen-bond acceptors (Lipinski definition) is 2. The lowest BCUT2D eigenvalue weighted by molar-refractivity contribution is -0.127. The Hall–Kier alpha value is -0.700. The monoisotopic (exact) mass is 348 g/mol. The van der Waals surface area contributed by atoms with Gasteiger partial charge in [0.1, 0.15) is 12.0 Å². The molecule has 0 heterocycles. The first-order valence-corrected chi connectivity index (χ1v) is 10.3. The summed E-state index contributed by atoms with van der Waals surface area (Å²) in [4.78, 5) is 12.2. The van der Waals surface area contributed by atoms with E-state index in [4.69, 9.17) is 0 Å². The number of carbonyl (C=O) groups excluding carboxylic acids is 1. The molecule has 4 rings (SSSR count). The van der Waals surface area contributed by atoms with Crippen LogP contribution in [-0.2, 0) is 4.79 Å². The van der Waals surface area contributed by atoms with Crippen LogP contribution in [0, 0.1) is 35.0 Å². The first kappa shape index (κ1) is 17.7. The minimum Gasteiger partial charge on any atom is -0.387 e. The van der Waals surface area contributed by atoms with E-state index in [0.29, 0.717) is 42.3 Å². The Morgan fingerprint density at radius 2 is 2.00 bits per heavy atom. The zero-order valence-corrected chi connectivity index (χ0v) is 15.9. The molecule has 0 aliphatic heterocycles. The Kier molecular flexibility index (Phi) is 4.18. The first-order chi connectivity index (χ1) is 11.8. The van der Waals surface area contributed by atoms with Crippen molar-refractivity contribution in [2.24, 2.45) is 35.0 Å². The molecular weight excluding hydrogens is 315 g/mol. The molecule has 2 nitrogen and oxygen atoms in total. The van der Waals surface area contributed by atoms with Gasteiger partial charge in [-0.3, -0.25) is 4.79 Å². The summed E-state index contributed by atoms with van der Waals surface area (Å²) in [5.74, 6) is 3.22. The topological polar surface area (TPSA) is 37.3 Å². The maximum atomic E-state index is 13.9. The number of hydrogen-bond donors (Lipinski definition) is 1. The van der Waals surface area contributed by atoms with Gasteiger partial charge in [-0.15, -0.1) is 0 Å². The van der Waals surface area contributed by atoms with Gasteiger partial charge in [0.25, 0.3) is 0 Å². The van der Waals surface area contributed by atoms with Crippen LogP contribution in [0.1, 0.15) is 72.1 Å². The van der Waals surface area contributed by atoms with Gasteiger partial charge in [-0.25, -0.2) is 4.39 Å². The van der Waals surface area contributed by atoms with Crippen LogP contribution in [0.5, 0.6) is 0 Å². The predicted octanol–water partition coefficient (Wildman–Crippen LogP) is 4.85. The van der Waals surface area contributed by atoms with E-state index in [-0.39, 0.29) is 11.3 Å². The van der Waals surface area contributed by atoms with E-state index in [1.54, 1.807) is 6.92 Å². The van der Waals surface area contributed by atoms with Crippen LogP contribution in [0.15, 0.2) is 11.6 Å². The number of alkyl halides is 1. The van der Waals surface area contributed by atoms with Crippen LogP contribution in [0.4, 0.5) is 4.39 Å². The normalized spacial score (nSPS) is 50.3. The SMILES string of the molecule is CC(=O)C1CCC2C3CC=C4CC(O)(C(C)F)CCC4C3CCC12C. The smallest absolute Gasteiger partial charge is 0.133 e. The molecule has 3 saturated carbocycles. The van der Waals surface area contributed by atoms with Crippen LogP contribution in [0.25, 0.3) is 0 Å². The molecule has 0 aromatic heterocycles. The van der Waals surface area contributed by atoms with Crippen LogP contribution < -0.4 is 0 Å². The molecule has 3 fully saturated rings. The number of carbonyl (C=O) groups is 1. The second kappa shape index (κ2) is 5.90. The van der Waals surface area contributed by atoms with E-state index in [0.717, 1.165) is 25.7 Å². The summed E-state index contributed by atoms with van der Waals surface area (Å²) in [6.45, 7) is 5.65. The van der Waals surface area contributed by atoms with Crippen LogP contribution >= 0.6 is 0 Å². The van der Waals surface area contributed by atoms with Gasteiger partial charge in [0.15, 0.2) is 0 Å². The third kappa shape index (κ3) is 2.56. The fourth-order valence-electron chi connectivity index (χ4n) is 7.33. The molecule has 0 amide bonds. The van der Waals surface area contributed by atoms with Gasteiger partial charge in [0.2, 0.25) is 0 Å². The molecule has 1 N–H and O–H groups in total. The van der Waals surface area contributed by atoms with Crippen LogP contribution in [-0.4, -0.2) is 22.7 Å². The van der Waals surface area contributed by atoms with Gasteiger partial charge in [0.05, 0.1) is 5.60 Å². The number of ketones is 1. The summed E-state index contributed by atoms with van der Waals surface area (Å²) in [5, 5.41) is 10.6. The van der Waals surface area contributed by atoms with Crippen molar-refractivity contribution in [3.63, 3.8) is 0 Å². The van der Waals surface area contributed by atoms with E-state index < -0.39 is 11.8 Å². The van der Waals surface area contributed by atoms with Crippen molar-refractivity contribution < 1.29 is 14.3 Å². The minimum atomic E-state index is -1.16. The maximum Gasteiger partial charge on any atom is 0.133 e. The molecule has 0 radical (unpaired) electrons. The van der Waals surface area contributed by atoms with Gasteiger partial charge < -0.3 is 5.11 Å². The maximum absolute atomic E-state index is 13.9. The lowest BCUT2D eigenvalue weighted by Gasteiger charge is -2.54. The van der Waals surface area contributed by atoms with E-state index in [1.165, 1.54) is 25.3 Å². The number of halogens is 1. The number of rotatable bonds is 2. The molecular formula is C22H33FO2. The Labute approximate surface area is 151 Å². The van der Waals surface area contributed by atoms with Gasteiger partial charge >= 0.3 is 0 Å². The first-order valence-electron chi connectivity index (χ1n) is 10.3. The van der Waals surface area contributed by atoms with Gasteiger partial charge in [-0.1, -0.05) is 18.6 Å². The van der Waals surface area contributed by atoms with Crippen LogP contribution in [0.3, 0.4) is 0 Å². The molecule has 0 aromatic carbocycles. The van der Waals surface area contributed by atoms with Crippen molar-refractivity contribution in [2.45, 2.75) is 83.9 Å². The Morgan fingerprint density at radius 3 is 2.68 bits per heavy atom. The molecule has 4 aliphatic rings. The van der Waals surface area contributed by atoms with E-state index >= 15 is 0 Å². The highest BCUT2D eigenvalue weighted by atomic mass is 19.1. The molecule has 3 heteroatoms. The Balaban J connectivity index is 1.58. The Morgan fingerprint density at radius 1 is 1.24 bits per heavy atom. The quantitative estimate of drug-likeness (QED) is 0.724. The summed E-state index contributed by atoms with van der Waals surface area (Å²) in [7, 11) is 0. The molecule has 25 heavy (non-hydrogen) atoms. The standard InChI is InChI=1S/C22H33FO2/c1-13(24)19-6-7-20-18-5-4-15-12-22(25,14(2)23)11-9-16(15)17(18)8-10-21(19,20)3/h4,14,16-20,25H,5-12H2,1-3H3. The lowest BCUT2D eigenvalue weighted by atomic mass is 9.51. The summed E-state index contributed by atoms with van der Waals surface area (Å²) in [6.07, 6.45) is 8.92. The highest BCUT2D eigenvalue weighted by Gasteiger charge is 2.57. The molecule has 0 aromatic rings. The second-order valence-corrected chi connectivity index (χ2v) is 9.78. The lowest BCUT2D eigenvalue weighted by Crippen LogP contribution is -2.49. The molecule has 8 atom stereocenters. The van der Waals surface area contributed by atoms with Crippen molar-refractivity contribution in [3.05, 3.63) is 11.6 Å². The van der Waals surface area contributed by atoms with Crippen molar-refractivity contribution in [3.8, 4) is 0 Å². The molecule has 0 spiro atoms. The minimum absolute atomic E-state index is 0.196. The molecule has 4 aliphatic carbocycles. The average molecular weight is 349 g/mol. The highest BCUT2D eigenvalue weighted by molar-refractivity contribution is 5.79. The van der Waals surface area contributed by atoms with Crippen molar-refractivity contribution in [1.82, 2.24) is 0 Å². The predicted molar refractivity (Wildman–Crippen MR) is 96.8 cm³/mol. The Bertz CT molecular complexity index is 597. The molecule has 8 unspecified atom stereocenters. The zero-order chi connectivity index (χ0) is 18.0. The molecule has 0 bridgehead atoms. The summed E-state index contributed by atoms with van der Waals surface area (Å²) in [5.41, 5.74) is 0.372. The third-order valence-corrected chi connectivity index (χ3v) is 8.77. The third-order valence-electron chi connectivity index (χ3n) is 8.77. The van der Waals surface area contributed by atoms with E-state index in [9.17, 15) is 14.3 Å².